The Bertz CT molecular complexity index is 1310. The summed E-state index contributed by atoms with van der Waals surface area (Å²) in [6.45, 7) is 7.23. The molecule has 3 aromatic rings. The highest BCUT2D eigenvalue weighted by atomic mass is 35.5. The van der Waals surface area contributed by atoms with E-state index in [0.29, 0.717) is 17.1 Å². The quantitative estimate of drug-likeness (QED) is 0.395. The van der Waals surface area contributed by atoms with Crippen LogP contribution in [0.1, 0.15) is 41.6 Å². The van der Waals surface area contributed by atoms with Crippen LogP contribution in [0.5, 0.6) is 5.75 Å². The number of methoxy groups -OCH3 is 1. The van der Waals surface area contributed by atoms with Gasteiger partial charge in [0.05, 0.1) is 23.7 Å². The zero-order valence-electron chi connectivity index (χ0n) is 20.6. The summed E-state index contributed by atoms with van der Waals surface area (Å²) in [7, 11) is -2.41. The molecule has 0 aliphatic heterocycles. The summed E-state index contributed by atoms with van der Waals surface area (Å²) in [5.41, 5.74) is 3.95. The summed E-state index contributed by atoms with van der Waals surface area (Å²) in [6, 6.07) is 17.0. The van der Waals surface area contributed by atoms with Gasteiger partial charge in [0.2, 0.25) is 5.91 Å². The Kier molecular flexibility index (Phi) is 8.46. The van der Waals surface area contributed by atoms with E-state index in [-0.39, 0.29) is 17.5 Å². The maximum atomic E-state index is 13.6. The van der Waals surface area contributed by atoms with Gasteiger partial charge in [-0.2, -0.15) is 0 Å². The van der Waals surface area contributed by atoms with Gasteiger partial charge in [-0.1, -0.05) is 54.4 Å². The fourth-order valence-electron chi connectivity index (χ4n) is 3.80. The average Bonchev–Trinajstić information content (AvgIpc) is 2.83. The summed E-state index contributed by atoms with van der Waals surface area (Å²) in [6.07, 6.45) is 0.637. The number of anilines is 1. The minimum Gasteiger partial charge on any atom is -0.496 e. The van der Waals surface area contributed by atoms with Crippen LogP contribution < -0.4 is 14.4 Å². The number of carbonyl (C=O) groups is 1. The maximum absolute atomic E-state index is 13.6. The molecule has 35 heavy (non-hydrogen) atoms. The van der Waals surface area contributed by atoms with Crippen molar-refractivity contribution in [3.8, 4) is 5.75 Å². The first kappa shape index (κ1) is 26.6. The number of nitrogens with one attached hydrogen (secondary N) is 1. The van der Waals surface area contributed by atoms with Crippen LogP contribution in [0, 0.1) is 20.8 Å². The Morgan fingerprint density at radius 1 is 1.00 bits per heavy atom. The molecule has 186 valence electrons. The molecular formula is C27H31ClN2O4S. The van der Waals surface area contributed by atoms with Crippen LogP contribution in [0.25, 0.3) is 0 Å². The summed E-state index contributed by atoms with van der Waals surface area (Å²) in [5.74, 6) is 0.347. The Morgan fingerprint density at radius 2 is 1.69 bits per heavy atom. The lowest BCUT2D eigenvalue weighted by Crippen LogP contribution is -2.42. The smallest absolute Gasteiger partial charge is 0.264 e. The van der Waals surface area contributed by atoms with Crippen molar-refractivity contribution in [1.29, 1.82) is 0 Å². The van der Waals surface area contributed by atoms with Crippen molar-refractivity contribution in [3.05, 3.63) is 87.9 Å². The van der Waals surface area contributed by atoms with Crippen molar-refractivity contribution in [2.45, 2.75) is 45.1 Å². The Hall–Kier alpha value is -3.03. The minimum atomic E-state index is -4.02. The molecule has 0 aromatic heterocycles. The van der Waals surface area contributed by atoms with Crippen LogP contribution in [0.2, 0.25) is 5.02 Å². The number of carbonyl (C=O) groups excluding carboxylic acids is 1. The van der Waals surface area contributed by atoms with Gasteiger partial charge in [0.25, 0.3) is 10.0 Å². The highest BCUT2D eigenvalue weighted by molar-refractivity contribution is 7.92. The molecule has 0 aliphatic rings. The third-order valence-electron chi connectivity index (χ3n) is 5.90. The zero-order chi connectivity index (χ0) is 25.8. The summed E-state index contributed by atoms with van der Waals surface area (Å²) in [4.78, 5) is 13.3. The summed E-state index contributed by atoms with van der Waals surface area (Å²) in [5, 5.41) is 3.41. The van der Waals surface area contributed by atoms with E-state index >= 15 is 0 Å². The molecule has 1 amide bonds. The second-order valence-electron chi connectivity index (χ2n) is 8.52. The number of aryl methyl sites for hydroxylation is 3. The van der Waals surface area contributed by atoms with Crippen molar-refractivity contribution >= 4 is 33.2 Å². The maximum Gasteiger partial charge on any atom is 0.264 e. The van der Waals surface area contributed by atoms with Gasteiger partial charge in [-0.3, -0.25) is 9.10 Å². The highest BCUT2D eigenvalue weighted by Gasteiger charge is 2.28. The topological polar surface area (TPSA) is 75.7 Å². The fraction of sp³-hybridized carbons (Fsp3) is 0.296. The van der Waals surface area contributed by atoms with Crippen LogP contribution in [-0.4, -0.2) is 28.0 Å². The number of hydrogen-bond donors (Lipinski definition) is 1. The lowest BCUT2D eigenvalue weighted by atomic mass is 10.0. The molecule has 1 atom stereocenters. The SMILES string of the molecule is CCC(NC(=O)CN(c1ccc(C)c(Cl)c1)S(=O)(=O)c1ccc(C)cc1)c1ccc(OC)c(C)c1. The molecule has 0 heterocycles. The number of sulfonamides is 1. The van der Waals surface area contributed by atoms with Gasteiger partial charge in [0, 0.05) is 5.02 Å². The second-order valence-corrected chi connectivity index (χ2v) is 10.8. The normalized spacial score (nSPS) is 12.2. The van der Waals surface area contributed by atoms with Crippen molar-refractivity contribution in [1.82, 2.24) is 5.32 Å². The van der Waals surface area contributed by atoms with Crippen molar-refractivity contribution in [2.24, 2.45) is 0 Å². The first-order valence-corrected chi connectivity index (χ1v) is 13.2. The third kappa shape index (κ3) is 6.16. The molecule has 8 heteroatoms. The van der Waals surface area contributed by atoms with E-state index in [2.05, 4.69) is 5.32 Å². The van der Waals surface area contributed by atoms with Gasteiger partial charge in [0.1, 0.15) is 12.3 Å². The number of hydrogen-bond acceptors (Lipinski definition) is 4. The standard InChI is InChI=1S/C27H31ClN2O4S/c1-6-25(21-10-14-26(34-5)20(4)15-21)29-27(31)17-30(22-11-9-19(3)24(28)16-22)35(32,33)23-12-7-18(2)8-13-23/h7-16,25H,6,17H2,1-5H3,(H,29,31). The van der Waals surface area contributed by atoms with Crippen LogP contribution in [0.15, 0.2) is 65.6 Å². The molecule has 0 radical (unpaired) electrons. The summed E-state index contributed by atoms with van der Waals surface area (Å²) >= 11 is 6.31. The minimum absolute atomic E-state index is 0.102. The predicted octanol–water partition coefficient (Wildman–Crippen LogP) is 5.74. The first-order chi connectivity index (χ1) is 16.6. The second kappa shape index (κ2) is 11.1. The Morgan fingerprint density at radius 3 is 2.26 bits per heavy atom. The molecule has 1 unspecified atom stereocenters. The van der Waals surface area contributed by atoms with E-state index in [0.717, 1.165) is 32.3 Å². The van der Waals surface area contributed by atoms with Gasteiger partial charge in [-0.15, -0.1) is 0 Å². The number of ether oxygens (including phenoxy) is 1. The average molecular weight is 515 g/mol. The van der Waals surface area contributed by atoms with E-state index in [4.69, 9.17) is 16.3 Å². The van der Waals surface area contributed by atoms with Gasteiger partial charge in [-0.25, -0.2) is 8.42 Å². The first-order valence-electron chi connectivity index (χ1n) is 11.4. The van der Waals surface area contributed by atoms with E-state index < -0.39 is 15.9 Å². The molecule has 1 N–H and O–H groups in total. The van der Waals surface area contributed by atoms with E-state index in [1.54, 1.807) is 49.6 Å². The zero-order valence-corrected chi connectivity index (χ0v) is 22.2. The van der Waals surface area contributed by atoms with Crippen molar-refractivity contribution in [3.63, 3.8) is 0 Å². The lowest BCUT2D eigenvalue weighted by Gasteiger charge is -2.26. The highest BCUT2D eigenvalue weighted by Crippen LogP contribution is 2.29. The summed E-state index contributed by atoms with van der Waals surface area (Å²) < 4.78 is 33.6. The largest absolute Gasteiger partial charge is 0.496 e. The number of halogens is 1. The Balaban J connectivity index is 1.93. The van der Waals surface area contributed by atoms with Crippen molar-refractivity contribution in [2.75, 3.05) is 18.0 Å². The molecule has 0 saturated carbocycles. The fourth-order valence-corrected chi connectivity index (χ4v) is 5.39. The van der Waals surface area contributed by atoms with Crippen LogP contribution >= 0.6 is 11.6 Å². The molecule has 3 aromatic carbocycles. The monoisotopic (exact) mass is 514 g/mol. The van der Waals surface area contributed by atoms with E-state index in [1.165, 1.54) is 0 Å². The van der Waals surface area contributed by atoms with Gasteiger partial charge in [0.15, 0.2) is 0 Å². The van der Waals surface area contributed by atoms with Crippen LogP contribution in [0.3, 0.4) is 0 Å². The number of amides is 1. The van der Waals surface area contributed by atoms with Gasteiger partial charge < -0.3 is 10.1 Å². The van der Waals surface area contributed by atoms with Gasteiger partial charge >= 0.3 is 0 Å². The molecule has 0 aliphatic carbocycles. The third-order valence-corrected chi connectivity index (χ3v) is 8.10. The molecule has 6 nitrogen and oxygen atoms in total. The molecule has 3 rings (SSSR count). The predicted molar refractivity (Wildman–Crippen MR) is 141 cm³/mol. The number of benzene rings is 3. The molecule has 0 spiro atoms. The van der Waals surface area contributed by atoms with Gasteiger partial charge in [-0.05, 0) is 74.2 Å². The molecule has 0 saturated heterocycles. The van der Waals surface area contributed by atoms with E-state index in [1.807, 2.05) is 45.9 Å². The number of rotatable bonds is 9. The number of nitrogens with zero attached hydrogens (tertiary/aromatic N) is 1. The van der Waals surface area contributed by atoms with Crippen LogP contribution in [-0.2, 0) is 14.8 Å². The molecule has 0 bridgehead atoms. The van der Waals surface area contributed by atoms with Crippen LogP contribution in [0.4, 0.5) is 5.69 Å². The van der Waals surface area contributed by atoms with E-state index in [9.17, 15) is 13.2 Å². The molecule has 0 fully saturated rings. The van der Waals surface area contributed by atoms with Crippen molar-refractivity contribution < 1.29 is 17.9 Å². The Labute approximate surface area is 212 Å². The lowest BCUT2D eigenvalue weighted by molar-refractivity contribution is -0.120. The molecular weight excluding hydrogens is 484 g/mol.